The van der Waals surface area contributed by atoms with Crippen LogP contribution in [0.25, 0.3) is 0 Å². The Kier molecular flexibility index (Phi) is 11.5. The SMILES string of the molecule is CC(C)C1=C2C3CCC4C(C)(CCC5C(C)C(CC(=O)C6CC(C(=O)O)C6C)CCC54C)C3CCC2(CCNC(=O)c2cccc(Cl)c2)CC1=O.CN. The van der Waals surface area contributed by atoms with Crippen LogP contribution in [0.5, 0.6) is 0 Å². The summed E-state index contributed by atoms with van der Waals surface area (Å²) >= 11 is 6.16. The van der Waals surface area contributed by atoms with Gasteiger partial charge < -0.3 is 16.2 Å². The van der Waals surface area contributed by atoms with Gasteiger partial charge in [0.2, 0.25) is 0 Å². The third-order valence-corrected chi connectivity index (χ3v) is 16.7. The van der Waals surface area contributed by atoms with Gasteiger partial charge in [-0.2, -0.15) is 0 Å². The molecule has 12 atom stereocenters. The van der Waals surface area contributed by atoms with Crippen LogP contribution < -0.4 is 11.1 Å². The Morgan fingerprint density at radius 3 is 2.28 bits per heavy atom. The van der Waals surface area contributed by atoms with Gasteiger partial charge >= 0.3 is 5.97 Å². The van der Waals surface area contributed by atoms with Crippen molar-refractivity contribution in [1.82, 2.24) is 5.32 Å². The third-order valence-electron chi connectivity index (χ3n) is 16.5. The van der Waals surface area contributed by atoms with E-state index in [4.69, 9.17) is 11.6 Å². The number of carbonyl (C=O) groups excluding carboxylic acids is 3. The fourth-order valence-electron chi connectivity index (χ4n) is 13.8. The number of allylic oxidation sites excluding steroid dienone is 2. The number of amides is 1. The Balaban J connectivity index is 0.00000236. The molecule has 7 nitrogen and oxygen atoms in total. The van der Waals surface area contributed by atoms with Crippen LogP contribution in [0.4, 0.5) is 0 Å². The number of halogens is 1. The Bertz CT molecular complexity index is 1640. The van der Waals surface area contributed by atoms with E-state index in [1.165, 1.54) is 38.3 Å². The topological polar surface area (TPSA) is 127 Å². The second-order valence-electron chi connectivity index (χ2n) is 18.9. The monoisotopic (exact) mass is 748 g/mol. The van der Waals surface area contributed by atoms with Crippen molar-refractivity contribution in [2.75, 3.05) is 13.6 Å². The van der Waals surface area contributed by atoms with Gasteiger partial charge in [-0.15, -0.1) is 0 Å². The van der Waals surface area contributed by atoms with Crippen LogP contribution in [0, 0.1) is 75.4 Å². The lowest BCUT2D eigenvalue weighted by Gasteiger charge is -2.67. The Morgan fingerprint density at radius 1 is 0.943 bits per heavy atom. The predicted molar refractivity (Wildman–Crippen MR) is 210 cm³/mol. The predicted octanol–water partition coefficient (Wildman–Crippen LogP) is 9.17. The molecule has 0 heterocycles. The molecule has 6 aliphatic rings. The van der Waals surface area contributed by atoms with Gasteiger partial charge in [0.25, 0.3) is 5.91 Å². The third kappa shape index (κ3) is 6.76. The Hall–Kier alpha value is -2.51. The molecule has 0 spiro atoms. The molecule has 0 aromatic heterocycles. The van der Waals surface area contributed by atoms with Gasteiger partial charge in [0.15, 0.2) is 5.78 Å². The highest BCUT2D eigenvalue weighted by Crippen LogP contribution is 2.72. The molecule has 292 valence electrons. The molecule has 0 aliphatic heterocycles. The highest BCUT2D eigenvalue weighted by molar-refractivity contribution is 6.31. The van der Waals surface area contributed by atoms with Crippen LogP contribution in [0.2, 0.25) is 5.02 Å². The van der Waals surface area contributed by atoms with Gasteiger partial charge in [0.1, 0.15) is 5.78 Å². The Labute approximate surface area is 323 Å². The minimum Gasteiger partial charge on any atom is -0.481 e. The van der Waals surface area contributed by atoms with Crippen LogP contribution in [-0.4, -0.2) is 42.1 Å². The van der Waals surface area contributed by atoms with E-state index in [1.54, 1.807) is 24.3 Å². The fraction of sp³-hybridized carbons (Fsp3) is 0.733. The summed E-state index contributed by atoms with van der Waals surface area (Å²) in [5, 5.41) is 13.2. The van der Waals surface area contributed by atoms with Gasteiger partial charge in [-0.25, -0.2) is 0 Å². The van der Waals surface area contributed by atoms with Crippen LogP contribution in [0.15, 0.2) is 35.4 Å². The minimum absolute atomic E-state index is 0.0480. The molecule has 1 aromatic rings. The minimum atomic E-state index is -0.758. The number of fused-ring (bicyclic) bond motifs is 7. The van der Waals surface area contributed by atoms with Crippen molar-refractivity contribution in [3.05, 3.63) is 46.0 Å². The number of Topliss-reactive ketones (excluding diaryl/α,β-unsaturated/α-hetero) is 2. The molecule has 5 fully saturated rings. The summed E-state index contributed by atoms with van der Waals surface area (Å²) in [5.74, 6) is 2.59. The van der Waals surface area contributed by atoms with Crippen molar-refractivity contribution >= 4 is 35.0 Å². The highest BCUT2D eigenvalue weighted by atomic mass is 35.5. The average Bonchev–Trinajstić information content (AvgIpc) is 3.41. The van der Waals surface area contributed by atoms with Crippen LogP contribution >= 0.6 is 11.6 Å². The largest absolute Gasteiger partial charge is 0.481 e. The number of hydrogen-bond acceptors (Lipinski definition) is 5. The van der Waals surface area contributed by atoms with E-state index in [0.29, 0.717) is 83.5 Å². The molecule has 6 aliphatic carbocycles. The number of ketones is 2. The first-order chi connectivity index (χ1) is 25.1. The maximum Gasteiger partial charge on any atom is 0.306 e. The standard InChI is InChI=1S/C44H60ClNO5.CH5N/c1-24(2)38-36(48)23-44(18-19-46-40(49)28-8-7-9-29(45)20-28)17-14-34-30(39(38)44)10-11-37-42(5)15-12-27(25(3)33(42)13-16-43(34,37)6)21-35(47)31-22-32(26(31)4)41(50)51;1-2/h7-9,20,24-27,30-34,37H,10-19,21-23H2,1-6H3,(H,46,49)(H,50,51);2H2,1H3. The number of nitrogens with one attached hydrogen (secondary N) is 1. The van der Waals surface area contributed by atoms with Crippen LogP contribution in [-0.2, 0) is 14.4 Å². The molecule has 0 saturated heterocycles. The Morgan fingerprint density at radius 2 is 1.62 bits per heavy atom. The summed E-state index contributed by atoms with van der Waals surface area (Å²) in [6.07, 6.45) is 11.7. The zero-order valence-electron chi connectivity index (χ0n) is 33.3. The van der Waals surface area contributed by atoms with Gasteiger partial charge in [-0.1, -0.05) is 64.8 Å². The lowest BCUT2D eigenvalue weighted by molar-refractivity contribution is -0.172. The molecule has 53 heavy (non-hydrogen) atoms. The summed E-state index contributed by atoms with van der Waals surface area (Å²) in [5.41, 5.74) is 7.94. The van der Waals surface area contributed by atoms with E-state index in [2.05, 4.69) is 45.7 Å². The van der Waals surface area contributed by atoms with Crippen molar-refractivity contribution < 1.29 is 24.3 Å². The first-order valence-corrected chi connectivity index (χ1v) is 21.1. The van der Waals surface area contributed by atoms with Crippen LogP contribution in [0.1, 0.15) is 129 Å². The molecular weight excluding hydrogens is 684 g/mol. The van der Waals surface area contributed by atoms with Gasteiger partial charge in [0, 0.05) is 41.3 Å². The lowest BCUT2D eigenvalue weighted by Crippen LogP contribution is -2.60. The molecular formula is C45H65ClN2O5. The zero-order valence-corrected chi connectivity index (χ0v) is 34.1. The van der Waals surface area contributed by atoms with Crippen molar-refractivity contribution in [2.24, 2.45) is 81.2 Å². The van der Waals surface area contributed by atoms with Crippen molar-refractivity contribution in [3.8, 4) is 0 Å². The summed E-state index contributed by atoms with van der Waals surface area (Å²) in [4.78, 5) is 51.9. The molecule has 1 aromatic carbocycles. The second kappa shape index (κ2) is 15.2. The summed E-state index contributed by atoms with van der Waals surface area (Å²) < 4.78 is 0. The van der Waals surface area contributed by atoms with Gasteiger partial charge in [-0.05, 0) is 153 Å². The van der Waals surface area contributed by atoms with E-state index >= 15 is 0 Å². The maximum absolute atomic E-state index is 13.9. The number of carboxylic acids is 1. The van der Waals surface area contributed by atoms with E-state index in [9.17, 15) is 24.3 Å². The second-order valence-corrected chi connectivity index (χ2v) is 19.3. The van der Waals surface area contributed by atoms with Crippen LogP contribution in [0.3, 0.4) is 0 Å². The molecule has 0 radical (unpaired) electrons. The molecule has 5 saturated carbocycles. The van der Waals surface area contributed by atoms with E-state index in [1.807, 2.05) is 6.92 Å². The number of benzene rings is 1. The summed E-state index contributed by atoms with van der Waals surface area (Å²) in [6, 6.07) is 7.08. The van der Waals surface area contributed by atoms with Crippen molar-refractivity contribution in [1.29, 1.82) is 0 Å². The molecule has 0 bridgehead atoms. The number of rotatable bonds is 9. The van der Waals surface area contributed by atoms with Gasteiger partial charge in [-0.3, -0.25) is 19.2 Å². The number of carbonyl (C=O) groups is 4. The zero-order chi connectivity index (χ0) is 38.6. The summed E-state index contributed by atoms with van der Waals surface area (Å²) in [6.45, 7) is 14.5. The van der Waals surface area contributed by atoms with E-state index in [-0.39, 0.29) is 45.8 Å². The average molecular weight is 749 g/mol. The van der Waals surface area contributed by atoms with E-state index in [0.717, 1.165) is 37.7 Å². The first kappa shape index (κ1) is 40.2. The van der Waals surface area contributed by atoms with Crippen molar-refractivity contribution in [2.45, 2.75) is 119 Å². The quantitative estimate of drug-likeness (QED) is 0.231. The highest BCUT2D eigenvalue weighted by Gasteiger charge is 2.64. The number of nitrogens with two attached hydrogens (primary N) is 1. The maximum atomic E-state index is 13.9. The number of hydrogen-bond donors (Lipinski definition) is 3. The molecule has 12 unspecified atom stereocenters. The lowest BCUT2D eigenvalue weighted by atomic mass is 9.37. The normalized spacial score (nSPS) is 40.1. The van der Waals surface area contributed by atoms with Crippen molar-refractivity contribution in [3.63, 3.8) is 0 Å². The van der Waals surface area contributed by atoms with E-state index < -0.39 is 5.97 Å². The molecule has 7 rings (SSSR count). The molecule has 1 amide bonds. The smallest absolute Gasteiger partial charge is 0.306 e. The summed E-state index contributed by atoms with van der Waals surface area (Å²) in [7, 11) is 1.50. The van der Waals surface area contributed by atoms with Gasteiger partial charge in [0.05, 0.1) is 5.92 Å². The molecule has 4 N–H and O–H groups in total. The molecule has 8 heteroatoms. The number of carboxylic acid groups (broad SMARTS) is 1. The number of aliphatic carboxylic acids is 1. The fourth-order valence-corrected chi connectivity index (χ4v) is 14.0. The first-order valence-electron chi connectivity index (χ1n) is 20.8.